The summed E-state index contributed by atoms with van der Waals surface area (Å²) in [6.07, 6.45) is 3.96. The predicted octanol–water partition coefficient (Wildman–Crippen LogP) is 3.19. The fourth-order valence-electron chi connectivity index (χ4n) is 2.06. The lowest BCUT2D eigenvalue weighted by Gasteiger charge is -2.19. The Bertz CT molecular complexity index is 500. The fourth-order valence-corrected chi connectivity index (χ4v) is 2.79. The minimum absolute atomic E-state index is 0.0726. The molecule has 2 heterocycles. The van der Waals surface area contributed by atoms with Crippen molar-refractivity contribution in [2.75, 3.05) is 6.54 Å². The predicted molar refractivity (Wildman–Crippen MR) is 70.8 cm³/mol. The summed E-state index contributed by atoms with van der Waals surface area (Å²) in [7, 11) is 0. The lowest BCUT2D eigenvalue weighted by molar-refractivity contribution is 0.0892. The first-order valence-electron chi connectivity index (χ1n) is 6.16. The van der Waals surface area contributed by atoms with Gasteiger partial charge in [0.05, 0.1) is 12.8 Å². The Hall–Kier alpha value is -1.39. The Kier molecular flexibility index (Phi) is 3.30. The smallest absolute Gasteiger partial charge is 0.211 e. The van der Waals surface area contributed by atoms with E-state index in [1.165, 1.54) is 17.7 Å². The third kappa shape index (κ3) is 2.71. The second-order valence-corrected chi connectivity index (χ2v) is 5.65. The number of carbonyl (C=O) groups excluding carboxylic acids is 1. The van der Waals surface area contributed by atoms with Gasteiger partial charge in [-0.2, -0.15) is 0 Å². The summed E-state index contributed by atoms with van der Waals surface area (Å²) in [6, 6.07) is 8.25. The van der Waals surface area contributed by atoms with Gasteiger partial charge in [-0.05, 0) is 36.4 Å². The quantitative estimate of drug-likeness (QED) is 0.749. The average Bonchev–Trinajstić information content (AvgIpc) is 2.88. The van der Waals surface area contributed by atoms with Crippen molar-refractivity contribution in [1.29, 1.82) is 0 Å². The van der Waals surface area contributed by atoms with Crippen molar-refractivity contribution in [2.45, 2.75) is 25.4 Å². The van der Waals surface area contributed by atoms with Gasteiger partial charge in [0.15, 0.2) is 5.76 Å². The first-order valence-corrected chi connectivity index (χ1v) is 7.04. The van der Waals surface area contributed by atoms with Crippen LogP contribution >= 0.6 is 11.3 Å². The van der Waals surface area contributed by atoms with E-state index in [4.69, 9.17) is 4.42 Å². The third-order valence-corrected chi connectivity index (χ3v) is 4.01. The van der Waals surface area contributed by atoms with Crippen LogP contribution in [0.25, 0.3) is 0 Å². The maximum atomic E-state index is 12.0. The summed E-state index contributed by atoms with van der Waals surface area (Å²) in [5.41, 5.74) is 0. The molecular weight excluding hydrogens is 246 g/mol. The number of hydrogen-bond donors (Lipinski definition) is 0. The molecule has 94 valence electrons. The zero-order valence-electron chi connectivity index (χ0n) is 10.0. The Labute approximate surface area is 110 Å². The third-order valence-electron chi connectivity index (χ3n) is 3.14. The molecule has 0 radical (unpaired) electrons. The van der Waals surface area contributed by atoms with Crippen LogP contribution in [-0.4, -0.2) is 23.3 Å². The summed E-state index contributed by atoms with van der Waals surface area (Å²) in [5, 5.41) is 2.08. The molecule has 2 aromatic heterocycles. The molecule has 2 aromatic rings. The molecule has 0 aliphatic heterocycles. The zero-order valence-corrected chi connectivity index (χ0v) is 10.9. The van der Waals surface area contributed by atoms with Gasteiger partial charge in [0.2, 0.25) is 5.78 Å². The van der Waals surface area contributed by atoms with E-state index in [-0.39, 0.29) is 5.78 Å². The van der Waals surface area contributed by atoms with Gasteiger partial charge in [0.25, 0.3) is 0 Å². The van der Waals surface area contributed by atoms with Crippen molar-refractivity contribution >= 4 is 17.1 Å². The van der Waals surface area contributed by atoms with Gasteiger partial charge in [-0.15, -0.1) is 11.3 Å². The van der Waals surface area contributed by atoms with E-state index in [1.807, 2.05) is 0 Å². The van der Waals surface area contributed by atoms with Crippen LogP contribution in [0, 0.1) is 0 Å². The van der Waals surface area contributed by atoms with Crippen molar-refractivity contribution in [3.8, 4) is 0 Å². The van der Waals surface area contributed by atoms with Gasteiger partial charge in [0.1, 0.15) is 0 Å². The molecule has 0 spiro atoms. The van der Waals surface area contributed by atoms with Crippen molar-refractivity contribution in [1.82, 2.24) is 4.90 Å². The van der Waals surface area contributed by atoms with Crippen LogP contribution < -0.4 is 0 Å². The molecule has 1 saturated carbocycles. The number of nitrogens with zero attached hydrogens (tertiary/aromatic N) is 1. The molecule has 0 aromatic carbocycles. The van der Waals surface area contributed by atoms with Crippen LogP contribution in [0.5, 0.6) is 0 Å². The van der Waals surface area contributed by atoms with Crippen LogP contribution in [-0.2, 0) is 6.54 Å². The maximum Gasteiger partial charge on any atom is 0.211 e. The Morgan fingerprint density at radius 3 is 2.89 bits per heavy atom. The van der Waals surface area contributed by atoms with Crippen LogP contribution in [0.4, 0.5) is 0 Å². The minimum Gasteiger partial charge on any atom is -0.461 e. The largest absolute Gasteiger partial charge is 0.461 e. The van der Waals surface area contributed by atoms with E-state index in [0.29, 0.717) is 18.3 Å². The maximum absolute atomic E-state index is 12.0. The molecule has 4 heteroatoms. The first-order chi connectivity index (χ1) is 8.83. The van der Waals surface area contributed by atoms with Crippen LogP contribution in [0.2, 0.25) is 0 Å². The molecule has 0 amide bonds. The second kappa shape index (κ2) is 5.08. The molecule has 1 fully saturated rings. The Morgan fingerprint density at radius 2 is 2.28 bits per heavy atom. The number of thiophene rings is 1. The molecule has 3 rings (SSSR count). The monoisotopic (exact) mass is 261 g/mol. The van der Waals surface area contributed by atoms with Crippen LogP contribution in [0.1, 0.15) is 28.3 Å². The van der Waals surface area contributed by atoms with Crippen molar-refractivity contribution < 1.29 is 9.21 Å². The van der Waals surface area contributed by atoms with E-state index >= 15 is 0 Å². The molecule has 0 N–H and O–H groups in total. The van der Waals surface area contributed by atoms with Crippen molar-refractivity contribution in [2.24, 2.45) is 0 Å². The molecular formula is C14H15NO2S. The van der Waals surface area contributed by atoms with Crippen molar-refractivity contribution in [3.63, 3.8) is 0 Å². The second-order valence-electron chi connectivity index (χ2n) is 4.62. The lowest BCUT2D eigenvalue weighted by atomic mass is 10.2. The number of hydrogen-bond acceptors (Lipinski definition) is 4. The highest BCUT2D eigenvalue weighted by molar-refractivity contribution is 7.09. The Morgan fingerprint density at radius 1 is 1.39 bits per heavy atom. The van der Waals surface area contributed by atoms with Gasteiger partial charge >= 0.3 is 0 Å². The lowest BCUT2D eigenvalue weighted by Crippen LogP contribution is -2.31. The highest BCUT2D eigenvalue weighted by Gasteiger charge is 2.31. The highest BCUT2D eigenvalue weighted by Crippen LogP contribution is 2.29. The molecule has 3 nitrogen and oxygen atoms in total. The van der Waals surface area contributed by atoms with E-state index < -0.39 is 0 Å². The number of ketones is 1. The summed E-state index contributed by atoms with van der Waals surface area (Å²) in [4.78, 5) is 15.6. The van der Waals surface area contributed by atoms with E-state index in [9.17, 15) is 4.79 Å². The molecule has 1 aliphatic carbocycles. The SMILES string of the molecule is O=C(CN(Cc1cccs1)C1CC1)c1ccco1. The molecule has 0 atom stereocenters. The summed E-state index contributed by atoms with van der Waals surface area (Å²) >= 11 is 1.74. The number of furan rings is 1. The summed E-state index contributed by atoms with van der Waals surface area (Å²) < 4.78 is 5.16. The normalized spacial score (nSPS) is 15.2. The van der Waals surface area contributed by atoms with Gasteiger partial charge in [-0.1, -0.05) is 6.07 Å². The topological polar surface area (TPSA) is 33.5 Å². The molecule has 18 heavy (non-hydrogen) atoms. The molecule has 1 aliphatic rings. The molecule has 0 unspecified atom stereocenters. The van der Waals surface area contributed by atoms with Gasteiger partial charge in [-0.3, -0.25) is 9.69 Å². The first kappa shape index (κ1) is 11.7. The highest BCUT2D eigenvalue weighted by atomic mass is 32.1. The van der Waals surface area contributed by atoms with E-state index in [1.54, 1.807) is 29.7 Å². The summed E-state index contributed by atoms with van der Waals surface area (Å²) in [5.74, 6) is 0.537. The zero-order chi connectivity index (χ0) is 12.4. The standard InChI is InChI=1S/C14H15NO2S/c16-13(14-4-1-7-17-14)10-15(11-5-6-11)9-12-3-2-8-18-12/h1-4,7-8,11H,5-6,9-10H2. The Balaban J connectivity index is 1.65. The van der Waals surface area contributed by atoms with E-state index in [2.05, 4.69) is 22.4 Å². The molecule has 0 bridgehead atoms. The van der Waals surface area contributed by atoms with Crippen LogP contribution in [0.15, 0.2) is 40.3 Å². The van der Waals surface area contributed by atoms with Crippen LogP contribution in [0.3, 0.4) is 0 Å². The fraction of sp³-hybridized carbons (Fsp3) is 0.357. The number of rotatable bonds is 6. The number of carbonyl (C=O) groups is 1. The van der Waals surface area contributed by atoms with E-state index in [0.717, 1.165) is 6.54 Å². The molecule has 0 saturated heterocycles. The number of Topliss-reactive ketones (excluding diaryl/α,β-unsaturated/α-hetero) is 1. The van der Waals surface area contributed by atoms with Gasteiger partial charge in [-0.25, -0.2) is 0 Å². The van der Waals surface area contributed by atoms with Gasteiger partial charge in [0, 0.05) is 17.5 Å². The summed E-state index contributed by atoms with van der Waals surface area (Å²) in [6.45, 7) is 1.32. The average molecular weight is 261 g/mol. The van der Waals surface area contributed by atoms with Crippen molar-refractivity contribution in [3.05, 3.63) is 46.5 Å². The van der Waals surface area contributed by atoms with Gasteiger partial charge < -0.3 is 4.42 Å². The minimum atomic E-state index is 0.0726.